The molecule has 0 saturated heterocycles. The predicted molar refractivity (Wildman–Crippen MR) is 79.8 cm³/mol. The van der Waals surface area contributed by atoms with Gasteiger partial charge in [-0.3, -0.25) is 0 Å². The van der Waals surface area contributed by atoms with Crippen LogP contribution in [-0.2, 0) is 6.42 Å². The van der Waals surface area contributed by atoms with Gasteiger partial charge in [0.1, 0.15) is 5.82 Å². The van der Waals surface area contributed by atoms with Gasteiger partial charge in [0, 0.05) is 10.0 Å². The van der Waals surface area contributed by atoms with Crippen molar-refractivity contribution in [2.24, 2.45) is 0 Å². The van der Waals surface area contributed by atoms with E-state index in [1.165, 1.54) is 6.07 Å². The lowest BCUT2D eigenvalue weighted by Crippen LogP contribution is -2.36. The van der Waals surface area contributed by atoms with Gasteiger partial charge in [-0.2, -0.15) is 0 Å². The fraction of sp³-hybridized carbons (Fsp3) is 0.571. The molecule has 0 bridgehead atoms. The van der Waals surface area contributed by atoms with Crippen molar-refractivity contribution in [2.45, 2.75) is 45.6 Å². The summed E-state index contributed by atoms with van der Waals surface area (Å²) in [5.41, 5.74) is 0.838. The minimum absolute atomic E-state index is 0.145. The molecule has 0 aromatic heterocycles. The molecular weight excluding hydrogens is 317 g/mol. The van der Waals surface area contributed by atoms with E-state index in [0.717, 1.165) is 25.8 Å². The van der Waals surface area contributed by atoms with Crippen molar-refractivity contribution in [1.29, 1.82) is 0 Å². The number of aryl methyl sites for hydroxylation is 1. The third-order valence-electron chi connectivity index (χ3n) is 2.62. The van der Waals surface area contributed by atoms with Crippen LogP contribution in [0.2, 0.25) is 5.02 Å². The Morgan fingerprint density at radius 1 is 1.28 bits per heavy atom. The number of nitrogens with one attached hydrogen (secondary N) is 1. The second-order valence-electron chi connectivity index (χ2n) is 5.49. The summed E-state index contributed by atoms with van der Waals surface area (Å²) in [7, 11) is 0. The van der Waals surface area contributed by atoms with E-state index in [9.17, 15) is 4.39 Å². The Morgan fingerprint density at radius 2 is 1.94 bits per heavy atom. The predicted octanol–water partition coefficient (Wildman–Crippen LogP) is 4.95. The Bertz CT molecular complexity index is 402. The van der Waals surface area contributed by atoms with E-state index in [-0.39, 0.29) is 11.4 Å². The van der Waals surface area contributed by atoms with Crippen LogP contribution in [0.1, 0.15) is 39.2 Å². The highest BCUT2D eigenvalue weighted by Crippen LogP contribution is 2.26. The van der Waals surface area contributed by atoms with Gasteiger partial charge in [-0.1, -0.05) is 11.6 Å². The van der Waals surface area contributed by atoms with Gasteiger partial charge in [0.05, 0.1) is 5.02 Å². The minimum atomic E-state index is -0.185. The van der Waals surface area contributed by atoms with Crippen LogP contribution in [0.3, 0.4) is 0 Å². The zero-order valence-corrected chi connectivity index (χ0v) is 13.5. The van der Waals surface area contributed by atoms with Crippen molar-refractivity contribution in [3.05, 3.63) is 33.0 Å². The molecule has 1 rings (SSSR count). The maximum Gasteiger partial charge on any atom is 0.127 e. The van der Waals surface area contributed by atoms with Crippen LogP contribution in [0, 0.1) is 5.82 Å². The van der Waals surface area contributed by atoms with Crippen molar-refractivity contribution in [1.82, 2.24) is 5.32 Å². The smallest absolute Gasteiger partial charge is 0.127 e. The zero-order valence-electron chi connectivity index (χ0n) is 11.1. The molecule has 0 unspecified atom stereocenters. The summed E-state index contributed by atoms with van der Waals surface area (Å²) in [4.78, 5) is 0. The summed E-state index contributed by atoms with van der Waals surface area (Å²) in [6.45, 7) is 7.37. The number of unbranched alkanes of at least 4 members (excludes halogenated alkanes) is 1. The van der Waals surface area contributed by atoms with Crippen LogP contribution in [0.5, 0.6) is 0 Å². The van der Waals surface area contributed by atoms with Crippen LogP contribution in [0.25, 0.3) is 0 Å². The molecule has 1 N–H and O–H groups in total. The third-order valence-corrected chi connectivity index (χ3v) is 3.81. The van der Waals surface area contributed by atoms with Gasteiger partial charge in [-0.25, -0.2) is 4.39 Å². The molecule has 1 nitrogen and oxygen atoms in total. The SMILES string of the molecule is CC(C)(C)NCCCCc1cc(Cl)c(Br)cc1F. The van der Waals surface area contributed by atoms with Gasteiger partial charge in [0.15, 0.2) is 0 Å². The average Bonchev–Trinajstić information content (AvgIpc) is 2.23. The van der Waals surface area contributed by atoms with E-state index < -0.39 is 0 Å². The summed E-state index contributed by atoms with van der Waals surface area (Å²) < 4.78 is 14.2. The Morgan fingerprint density at radius 3 is 2.56 bits per heavy atom. The molecule has 0 aliphatic carbocycles. The molecule has 0 atom stereocenters. The Balaban J connectivity index is 2.38. The number of halogens is 3. The average molecular weight is 337 g/mol. The minimum Gasteiger partial charge on any atom is -0.312 e. The van der Waals surface area contributed by atoms with E-state index in [2.05, 4.69) is 42.0 Å². The van der Waals surface area contributed by atoms with Crippen molar-refractivity contribution in [3.8, 4) is 0 Å². The Labute approximate surface area is 122 Å². The normalized spacial score (nSPS) is 11.9. The van der Waals surface area contributed by atoms with E-state index in [1.807, 2.05) is 0 Å². The van der Waals surface area contributed by atoms with Crippen molar-refractivity contribution in [3.63, 3.8) is 0 Å². The van der Waals surface area contributed by atoms with Gasteiger partial charge < -0.3 is 5.32 Å². The quantitative estimate of drug-likeness (QED) is 0.592. The van der Waals surface area contributed by atoms with Crippen molar-refractivity contribution in [2.75, 3.05) is 6.54 Å². The van der Waals surface area contributed by atoms with Gasteiger partial charge in [0.2, 0.25) is 0 Å². The molecule has 102 valence electrons. The van der Waals surface area contributed by atoms with E-state index in [4.69, 9.17) is 11.6 Å². The highest BCUT2D eigenvalue weighted by Gasteiger charge is 2.09. The number of benzene rings is 1. The van der Waals surface area contributed by atoms with Gasteiger partial charge in [-0.15, -0.1) is 0 Å². The lowest BCUT2D eigenvalue weighted by atomic mass is 10.1. The highest BCUT2D eigenvalue weighted by molar-refractivity contribution is 9.10. The van der Waals surface area contributed by atoms with Gasteiger partial charge in [0.25, 0.3) is 0 Å². The molecule has 0 aliphatic heterocycles. The maximum atomic E-state index is 13.6. The number of hydrogen-bond donors (Lipinski definition) is 1. The molecule has 0 radical (unpaired) electrons. The van der Waals surface area contributed by atoms with Crippen molar-refractivity contribution < 1.29 is 4.39 Å². The lowest BCUT2D eigenvalue weighted by molar-refractivity contribution is 0.418. The summed E-state index contributed by atoms with van der Waals surface area (Å²) in [5, 5.41) is 3.98. The van der Waals surface area contributed by atoms with Crippen molar-refractivity contribution >= 4 is 27.5 Å². The zero-order chi connectivity index (χ0) is 13.8. The molecule has 0 aliphatic rings. The summed E-state index contributed by atoms with van der Waals surface area (Å²) in [6, 6.07) is 3.14. The van der Waals surface area contributed by atoms with Crippen LogP contribution >= 0.6 is 27.5 Å². The summed E-state index contributed by atoms with van der Waals surface area (Å²) in [5.74, 6) is -0.185. The fourth-order valence-corrected chi connectivity index (χ4v) is 2.16. The molecule has 0 heterocycles. The summed E-state index contributed by atoms with van der Waals surface area (Å²) >= 11 is 9.17. The van der Waals surface area contributed by atoms with Gasteiger partial charge >= 0.3 is 0 Å². The summed E-state index contributed by atoms with van der Waals surface area (Å²) in [6.07, 6.45) is 2.72. The fourth-order valence-electron chi connectivity index (χ4n) is 1.66. The first kappa shape index (κ1) is 15.9. The first-order chi connectivity index (χ1) is 8.29. The van der Waals surface area contributed by atoms with E-state index >= 15 is 0 Å². The van der Waals surface area contributed by atoms with Crippen LogP contribution < -0.4 is 5.32 Å². The first-order valence-corrected chi connectivity index (χ1v) is 7.35. The standard InChI is InChI=1S/C14H20BrClFN/c1-14(2,3)18-7-5-4-6-10-8-12(16)11(15)9-13(10)17/h8-9,18H,4-7H2,1-3H3. The molecule has 0 saturated carbocycles. The lowest BCUT2D eigenvalue weighted by Gasteiger charge is -2.20. The number of rotatable bonds is 5. The monoisotopic (exact) mass is 335 g/mol. The van der Waals surface area contributed by atoms with E-state index in [0.29, 0.717) is 15.1 Å². The molecule has 1 aromatic carbocycles. The molecule has 0 amide bonds. The third kappa shape index (κ3) is 5.68. The highest BCUT2D eigenvalue weighted by atomic mass is 79.9. The Hall–Kier alpha value is -0.120. The molecule has 0 fully saturated rings. The molecule has 4 heteroatoms. The Kier molecular flexibility index (Phi) is 6.09. The molecule has 1 aromatic rings. The largest absolute Gasteiger partial charge is 0.312 e. The topological polar surface area (TPSA) is 12.0 Å². The van der Waals surface area contributed by atoms with E-state index in [1.54, 1.807) is 6.07 Å². The van der Waals surface area contributed by atoms with Gasteiger partial charge in [-0.05, 0) is 80.2 Å². The second kappa shape index (κ2) is 6.88. The second-order valence-corrected chi connectivity index (χ2v) is 6.75. The van der Waals surface area contributed by atoms with Crippen LogP contribution in [0.4, 0.5) is 4.39 Å². The molecular formula is C14H20BrClFN. The molecule has 18 heavy (non-hydrogen) atoms. The molecule has 0 spiro atoms. The number of hydrogen-bond acceptors (Lipinski definition) is 1. The van der Waals surface area contributed by atoms with Crippen LogP contribution in [0.15, 0.2) is 16.6 Å². The van der Waals surface area contributed by atoms with Crippen LogP contribution in [-0.4, -0.2) is 12.1 Å². The maximum absolute atomic E-state index is 13.6. The first-order valence-electron chi connectivity index (χ1n) is 6.18.